The Hall–Kier alpha value is -1.93. The number of hydrogen-bond donors (Lipinski definition) is 2. The molecule has 3 fully saturated rings. The number of amides is 2. The molecule has 2 amide bonds. The maximum atomic E-state index is 12.5. The lowest BCUT2D eigenvalue weighted by atomic mass is 9.69. The lowest BCUT2D eigenvalue weighted by Crippen LogP contribution is -2.45. The van der Waals surface area contributed by atoms with E-state index in [9.17, 15) is 18.0 Å². The van der Waals surface area contributed by atoms with Crippen molar-refractivity contribution >= 4 is 27.5 Å². The highest BCUT2D eigenvalue weighted by Crippen LogP contribution is 2.40. The van der Waals surface area contributed by atoms with Gasteiger partial charge in [0.1, 0.15) is 0 Å². The third-order valence-corrected chi connectivity index (χ3v) is 8.28. The SMILES string of the molecule is O=C(CNS(=O)(=O)c1ccc(N2CCCC2=O)cc1)N[C@@H]1CC[C@@H]2CCCC[C@H]2C1. The minimum absolute atomic E-state index is 0.0580. The van der Waals surface area contributed by atoms with Crippen molar-refractivity contribution in [2.45, 2.75) is 68.7 Å². The van der Waals surface area contributed by atoms with Crippen LogP contribution in [-0.4, -0.2) is 39.4 Å². The van der Waals surface area contributed by atoms with E-state index in [0.717, 1.165) is 31.6 Å². The van der Waals surface area contributed by atoms with E-state index in [2.05, 4.69) is 10.0 Å². The average Bonchev–Trinajstić information content (AvgIpc) is 3.18. The van der Waals surface area contributed by atoms with Crippen LogP contribution in [0.4, 0.5) is 5.69 Å². The van der Waals surface area contributed by atoms with Crippen LogP contribution in [0.3, 0.4) is 0 Å². The zero-order chi connectivity index (χ0) is 21.1. The third-order valence-electron chi connectivity index (χ3n) is 6.86. The lowest BCUT2D eigenvalue weighted by Gasteiger charge is -2.39. The minimum Gasteiger partial charge on any atom is -0.352 e. The number of nitrogens with zero attached hydrogens (tertiary/aromatic N) is 1. The molecular weight excluding hydrogens is 402 g/mol. The topological polar surface area (TPSA) is 95.6 Å². The normalized spacial score (nSPS) is 27.0. The summed E-state index contributed by atoms with van der Waals surface area (Å²) in [4.78, 5) is 25.9. The van der Waals surface area contributed by atoms with Gasteiger partial charge in [-0.05, 0) is 61.8 Å². The molecule has 1 aromatic carbocycles. The molecule has 0 unspecified atom stereocenters. The molecule has 2 aliphatic carbocycles. The highest BCUT2D eigenvalue weighted by atomic mass is 32.2. The Morgan fingerprint density at radius 2 is 1.73 bits per heavy atom. The van der Waals surface area contributed by atoms with E-state index in [4.69, 9.17) is 0 Å². The van der Waals surface area contributed by atoms with Crippen LogP contribution in [0.15, 0.2) is 29.2 Å². The summed E-state index contributed by atoms with van der Waals surface area (Å²) < 4.78 is 27.5. The van der Waals surface area contributed by atoms with Crippen molar-refractivity contribution in [2.75, 3.05) is 18.0 Å². The molecule has 1 aromatic rings. The third kappa shape index (κ3) is 4.86. The van der Waals surface area contributed by atoms with Gasteiger partial charge in [-0.3, -0.25) is 9.59 Å². The summed E-state index contributed by atoms with van der Waals surface area (Å²) in [5.74, 6) is 1.29. The number of anilines is 1. The largest absolute Gasteiger partial charge is 0.352 e. The molecule has 7 nitrogen and oxygen atoms in total. The smallest absolute Gasteiger partial charge is 0.241 e. The van der Waals surface area contributed by atoms with Gasteiger partial charge in [-0.1, -0.05) is 25.7 Å². The maximum Gasteiger partial charge on any atom is 0.241 e. The number of carbonyl (C=O) groups excluding carboxylic acids is 2. The second kappa shape index (κ2) is 9.06. The predicted molar refractivity (Wildman–Crippen MR) is 114 cm³/mol. The van der Waals surface area contributed by atoms with Crippen LogP contribution in [0.2, 0.25) is 0 Å². The molecular formula is C22H31N3O4S. The fourth-order valence-electron chi connectivity index (χ4n) is 5.25. The molecule has 3 aliphatic rings. The molecule has 1 heterocycles. The Bertz CT molecular complexity index is 884. The van der Waals surface area contributed by atoms with Crippen LogP contribution in [0.25, 0.3) is 0 Å². The molecule has 1 saturated heterocycles. The van der Waals surface area contributed by atoms with Crippen molar-refractivity contribution in [2.24, 2.45) is 11.8 Å². The molecule has 2 saturated carbocycles. The van der Waals surface area contributed by atoms with Gasteiger partial charge in [0.05, 0.1) is 11.4 Å². The van der Waals surface area contributed by atoms with Crippen LogP contribution in [0.5, 0.6) is 0 Å². The number of nitrogens with one attached hydrogen (secondary N) is 2. The summed E-state index contributed by atoms with van der Waals surface area (Å²) in [5, 5.41) is 3.02. The Kier molecular flexibility index (Phi) is 6.43. The van der Waals surface area contributed by atoms with Gasteiger partial charge in [-0.2, -0.15) is 0 Å². The second-order valence-corrected chi connectivity index (χ2v) is 10.6. The molecule has 1 aliphatic heterocycles. The van der Waals surface area contributed by atoms with Gasteiger partial charge in [0.15, 0.2) is 0 Å². The van der Waals surface area contributed by atoms with Gasteiger partial charge in [-0.15, -0.1) is 0 Å². The molecule has 0 radical (unpaired) electrons. The minimum atomic E-state index is -3.78. The van der Waals surface area contributed by atoms with Gasteiger partial charge in [0, 0.05) is 24.7 Å². The van der Waals surface area contributed by atoms with Crippen molar-refractivity contribution in [1.82, 2.24) is 10.0 Å². The first-order valence-corrected chi connectivity index (χ1v) is 12.6. The molecule has 30 heavy (non-hydrogen) atoms. The number of benzene rings is 1. The summed E-state index contributed by atoms with van der Waals surface area (Å²) in [6.07, 6.45) is 9.68. The van der Waals surface area contributed by atoms with Gasteiger partial charge in [-0.25, -0.2) is 13.1 Å². The Morgan fingerprint density at radius 3 is 2.43 bits per heavy atom. The molecule has 2 N–H and O–H groups in total. The number of hydrogen-bond acceptors (Lipinski definition) is 4. The van der Waals surface area contributed by atoms with Crippen LogP contribution in [-0.2, 0) is 19.6 Å². The number of fused-ring (bicyclic) bond motifs is 1. The Labute approximate surface area is 178 Å². The molecule has 3 atom stereocenters. The van der Waals surface area contributed by atoms with Crippen LogP contribution in [0.1, 0.15) is 57.8 Å². The quantitative estimate of drug-likeness (QED) is 0.721. The van der Waals surface area contributed by atoms with Gasteiger partial charge in [0.25, 0.3) is 0 Å². The monoisotopic (exact) mass is 433 g/mol. The van der Waals surface area contributed by atoms with Crippen molar-refractivity contribution < 1.29 is 18.0 Å². The van der Waals surface area contributed by atoms with Crippen LogP contribution >= 0.6 is 0 Å². The lowest BCUT2D eigenvalue weighted by molar-refractivity contribution is -0.121. The van der Waals surface area contributed by atoms with Gasteiger partial charge >= 0.3 is 0 Å². The van der Waals surface area contributed by atoms with E-state index in [1.807, 2.05) is 0 Å². The summed E-state index contributed by atoms with van der Waals surface area (Å²) in [7, 11) is -3.78. The standard InChI is InChI=1S/C22H31N3O4S/c26-21(24-18-8-7-16-4-1-2-5-17(16)14-18)15-23-30(28,29)20-11-9-19(10-12-20)25-13-3-6-22(25)27/h9-12,16-18,23H,1-8,13-15H2,(H,24,26)/t16-,17-,18+/m0/s1. The van der Waals surface area contributed by atoms with E-state index < -0.39 is 10.0 Å². The Morgan fingerprint density at radius 1 is 1.00 bits per heavy atom. The summed E-state index contributed by atoms with van der Waals surface area (Å²) in [6.45, 7) is 0.394. The number of sulfonamides is 1. The second-order valence-electron chi connectivity index (χ2n) is 8.85. The molecule has 164 valence electrons. The first kappa shape index (κ1) is 21.3. The van der Waals surface area contributed by atoms with E-state index >= 15 is 0 Å². The number of carbonyl (C=O) groups is 2. The zero-order valence-corrected chi connectivity index (χ0v) is 18.1. The van der Waals surface area contributed by atoms with Crippen molar-refractivity contribution in [3.63, 3.8) is 0 Å². The number of rotatable bonds is 6. The maximum absolute atomic E-state index is 12.5. The molecule has 8 heteroatoms. The molecule has 0 aromatic heterocycles. The van der Waals surface area contributed by atoms with Gasteiger partial charge in [0.2, 0.25) is 21.8 Å². The summed E-state index contributed by atoms with van der Waals surface area (Å²) >= 11 is 0. The average molecular weight is 434 g/mol. The van der Waals surface area contributed by atoms with Crippen molar-refractivity contribution in [3.8, 4) is 0 Å². The van der Waals surface area contributed by atoms with Crippen molar-refractivity contribution in [3.05, 3.63) is 24.3 Å². The van der Waals surface area contributed by atoms with Crippen LogP contribution < -0.4 is 14.9 Å². The predicted octanol–water partition coefficient (Wildman–Crippen LogP) is 2.57. The molecule has 4 rings (SSSR count). The molecule has 0 bridgehead atoms. The molecule has 0 spiro atoms. The van der Waals surface area contributed by atoms with Crippen LogP contribution in [0, 0.1) is 11.8 Å². The fraction of sp³-hybridized carbons (Fsp3) is 0.636. The van der Waals surface area contributed by atoms with E-state index in [1.54, 1.807) is 17.0 Å². The highest BCUT2D eigenvalue weighted by Gasteiger charge is 2.32. The first-order valence-electron chi connectivity index (χ1n) is 11.1. The fourth-order valence-corrected chi connectivity index (χ4v) is 6.24. The first-order chi connectivity index (χ1) is 14.4. The van der Waals surface area contributed by atoms with E-state index in [-0.39, 0.29) is 29.3 Å². The van der Waals surface area contributed by atoms with E-state index in [0.29, 0.717) is 24.6 Å². The summed E-state index contributed by atoms with van der Waals surface area (Å²) in [5.41, 5.74) is 0.701. The zero-order valence-electron chi connectivity index (χ0n) is 17.3. The Balaban J connectivity index is 1.28. The van der Waals surface area contributed by atoms with Crippen molar-refractivity contribution in [1.29, 1.82) is 0 Å². The summed E-state index contributed by atoms with van der Waals surface area (Å²) in [6, 6.07) is 6.39. The van der Waals surface area contributed by atoms with Gasteiger partial charge < -0.3 is 10.2 Å². The highest BCUT2D eigenvalue weighted by molar-refractivity contribution is 7.89. The van der Waals surface area contributed by atoms with E-state index in [1.165, 1.54) is 37.8 Å².